The predicted octanol–water partition coefficient (Wildman–Crippen LogP) is 2.66. The van der Waals surface area contributed by atoms with Crippen LogP contribution in [0.1, 0.15) is 11.5 Å². The van der Waals surface area contributed by atoms with Crippen molar-refractivity contribution in [2.45, 2.75) is 18.4 Å². The van der Waals surface area contributed by atoms with Gasteiger partial charge in [0.1, 0.15) is 5.82 Å². The summed E-state index contributed by atoms with van der Waals surface area (Å²) < 4.78 is 45.0. The topological polar surface area (TPSA) is 85.1 Å². The van der Waals surface area contributed by atoms with Crippen LogP contribution in [0.5, 0.6) is 0 Å². The third-order valence-electron chi connectivity index (χ3n) is 3.37. The Morgan fingerprint density at radius 1 is 1.12 bits per heavy atom. The highest BCUT2D eigenvalue weighted by molar-refractivity contribution is 7.89. The number of aromatic nitrogens is 2. The van der Waals surface area contributed by atoms with Crippen molar-refractivity contribution in [2.24, 2.45) is 0 Å². The van der Waals surface area contributed by atoms with E-state index in [-0.39, 0.29) is 29.0 Å². The summed E-state index contributed by atoms with van der Waals surface area (Å²) in [5.41, 5.74) is 1.22. The summed E-state index contributed by atoms with van der Waals surface area (Å²) in [6.45, 7) is 1.58. The second-order valence-corrected chi connectivity index (χ2v) is 6.84. The Labute approximate surface area is 138 Å². The molecule has 24 heavy (non-hydrogen) atoms. The number of nitrogens with one attached hydrogen (secondary N) is 1. The van der Waals surface area contributed by atoms with Crippen LogP contribution >= 0.6 is 0 Å². The van der Waals surface area contributed by atoms with Crippen molar-refractivity contribution in [1.29, 1.82) is 0 Å². The van der Waals surface area contributed by atoms with E-state index in [1.54, 1.807) is 25.1 Å². The lowest BCUT2D eigenvalue weighted by Gasteiger charge is -2.07. The molecule has 0 radical (unpaired) electrons. The van der Waals surface area contributed by atoms with E-state index in [0.29, 0.717) is 11.1 Å². The molecule has 8 heteroatoms. The van der Waals surface area contributed by atoms with Gasteiger partial charge in [-0.25, -0.2) is 17.5 Å². The van der Waals surface area contributed by atoms with Gasteiger partial charge >= 0.3 is 0 Å². The number of sulfonamides is 1. The van der Waals surface area contributed by atoms with E-state index in [9.17, 15) is 12.8 Å². The summed E-state index contributed by atoms with van der Waals surface area (Å²) >= 11 is 0. The average molecular weight is 347 g/mol. The molecule has 0 amide bonds. The molecule has 0 aliphatic carbocycles. The molecular weight excluding hydrogens is 333 g/mol. The number of nitrogens with zero attached hydrogens (tertiary/aromatic N) is 2. The molecule has 1 N–H and O–H groups in total. The number of benzene rings is 2. The van der Waals surface area contributed by atoms with Crippen molar-refractivity contribution < 1.29 is 17.3 Å². The Hall–Kier alpha value is -2.58. The molecule has 0 spiro atoms. The maximum absolute atomic E-state index is 12.9. The third kappa shape index (κ3) is 3.50. The summed E-state index contributed by atoms with van der Waals surface area (Å²) in [6.07, 6.45) is 0. The molecule has 0 bridgehead atoms. The Bertz CT molecular complexity index is 953. The van der Waals surface area contributed by atoms with Gasteiger partial charge in [0.05, 0.1) is 11.4 Å². The van der Waals surface area contributed by atoms with Crippen molar-refractivity contribution in [3.05, 3.63) is 65.8 Å². The van der Waals surface area contributed by atoms with Crippen LogP contribution in [0.25, 0.3) is 11.4 Å². The zero-order valence-corrected chi connectivity index (χ0v) is 13.5. The summed E-state index contributed by atoms with van der Waals surface area (Å²) in [4.78, 5) is 4.30. The minimum atomic E-state index is -3.68. The maximum Gasteiger partial charge on any atom is 0.242 e. The van der Waals surface area contributed by atoms with Gasteiger partial charge in [-0.1, -0.05) is 23.4 Å². The fourth-order valence-corrected chi connectivity index (χ4v) is 3.35. The molecule has 0 saturated carbocycles. The monoisotopic (exact) mass is 347 g/mol. The maximum atomic E-state index is 12.9. The van der Waals surface area contributed by atoms with Gasteiger partial charge in [-0.15, -0.1) is 0 Å². The first-order valence-electron chi connectivity index (χ1n) is 7.09. The van der Waals surface area contributed by atoms with Crippen LogP contribution in [-0.4, -0.2) is 18.6 Å². The molecule has 124 valence electrons. The van der Waals surface area contributed by atoms with E-state index < -0.39 is 10.0 Å². The van der Waals surface area contributed by atoms with E-state index in [1.807, 2.05) is 0 Å². The van der Waals surface area contributed by atoms with Crippen LogP contribution in [0.2, 0.25) is 0 Å². The number of halogens is 1. The average Bonchev–Trinajstić information content (AvgIpc) is 3.03. The van der Waals surface area contributed by atoms with Crippen LogP contribution < -0.4 is 4.72 Å². The van der Waals surface area contributed by atoms with Gasteiger partial charge in [-0.3, -0.25) is 0 Å². The molecule has 3 aromatic rings. The molecule has 0 fully saturated rings. The highest BCUT2D eigenvalue weighted by Crippen LogP contribution is 2.17. The van der Waals surface area contributed by atoms with Crippen molar-refractivity contribution in [3.8, 4) is 11.4 Å². The van der Waals surface area contributed by atoms with Gasteiger partial charge < -0.3 is 4.52 Å². The molecule has 0 saturated heterocycles. The SMILES string of the molecule is Cc1ccccc1S(=O)(=O)NCc1nc(-c2ccc(F)cc2)no1. The van der Waals surface area contributed by atoms with Gasteiger partial charge in [-0.2, -0.15) is 4.98 Å². The first-order valence-corrected chi connectivity index (χ1v) is 8.58. The number of rotatable bonds is 5. The van der Waals surface area contributed by atoms with Crippen molar-refractivity contribution in [3.63, 3.8) is 0 Å². The highest BCUT2D eigenvalue weighted by Gasteiger charge is 2.18. The first-order chi connectivity index (χ1) is 11.5. The Kier molecular flexibility index (Phi) is 4.41. The van der Waals surface area contributed by atoms with E-state index >= 15 is 0 Å². The lowest BCUT2D eigenvalue weighted by molar-refractivity contribution is 0.376. The fraction of sp³-hybridized carbons (Fsp3) is 0.125. The van der Waals surface area contributed by atoms with E-state index in [1.165, 1.54) is 30.3 Å². The zero-order valence-electron chi connectivity index (χ0n) is 12.7. The Morgan fingerprint density at radius 3 is 2.54 bits per heavy atom. The minimum Gasteiger partial charge on any atom is -0.338 e. The van der Waals surface area contributed by atoms with Crippen molar-refractivity contribution in [1.82, 2.24) is 14.9 Å². The van der Waals surface area contributed by atoms with Crippen LogP contribution in [-0.2, 0) is 16.6 Å². The van der Waals surface area contributed by atoms with Gasteiger partial charge in [0.25, 0.3) is 0 Å². The largest absolute Gasteiger partial charge is 0.338 e. The quantitative estimate of drug-likeness (QED) is 0.767. The Morgan fingerprint density at radius 2 is 1.83 bits per heavy atom. The van der Waals surface area contributed by atoms with Gasteiger partial charge in [0.15, 0.2) is 0 Å². The lowest BCUT2D eigenvalue weighted by Crippen LogP contribution is -2.24. The van der Waals surface area contributed by atoms with E-state index in [0.717, 1.165) is 0 Å². The number of hydrogen-bond acceptors (Lipinski definition) is 5. The van der Waals surface area contributed by atoms with Crippen LogP contribution in [0.3, 0.4) is 0 Å². The highest BCUT2D eigenvalue weighted by atomic mass is 32.2. The molecule has 0 atom stereocenters. The zero-order chi connectivity index (χ0) is 17.2. The standard InChI is InChI=1S/C16H14FN3O3S/c1-11-4-2-3-5-14(11)24(21,22)18-10-15-19-16(20-23-15)12-6-8-13(17)9-7-12/h2-9,18H,10H2,1H3. The van der Waals surface area contributed by atoms with Crippen LogP contribution in [0.4, 0.5) is 4.39 Å². The fourth-order valence-electron chi connectivity index (χ4n) is 2.14. The van der Waals surface area contributed by atoms with E-state index in [4.69, 9.17) is 4.52 Å². The number of hydrogen-bond donors (Lipinski definition) is 1. The smallest absolute Gasteiger partial charge is 0.242 e. The molecule has 3 rings (SSSR count). The minimum absolute atomic E-state index is 0.117. The van der Waals surface area contributed by atoms with Gasteiger partial charge in [-0.05, 0) is 42.8 Å². The second kappa shape index (κ2) is 6.50. The normalized spacial score (nSPS) is 11.6. The molecule has 2 aromatic carbocycles. The lowest BCUT2D eigenvalue weighted by atomic mass is 10.2. The Balaban J connectivity index is 1.74. The van der Waals surface area contributed by atoms with Crippen LogP contribution in [0, 0.1) is 12.7 Å². The molecule has 0 aliphatic heterocycles. The molecule has 1 aromatic heterocycles. The van der Waals surface area contributed by atoms with E-state index in [2.05, 4.69) is 14.9 Å². The van der Waals surface area contributed by atoms with Gasteiger partial charge in [0, 0.05) is 5.56 Å². The van der Waals surface area contributed by atoms with Crippen molar-refractivity contribution >= 4 is 10.0 Å². The second-order valence-electron chi connectivity index (χ2n) is 5.11. The number of aryl methyl sites for hydroxylation is 1. The van der Waals surface area contributed by atoms with Gasteiger partial charge in [0.2, 0.25) is 21.7 Å². The predicted molar refractivity (Wildman–Crippen MR) is 84.9 cm³/mol. The third-order valence-corrected chi connectivity index (χ3v) is 4.93. The summed E-state index contributed by atoms with van der Waals surface area (Å²) in [6, 6.07) is 12.3. The van der Waals surface area contributed by atoms with Crippen molar-refractivity contribution in [2.75, 3.05) is 0 Å². The molecule has 6 nitrogen and oxygen atoms in total. The molecule has 1 heterocycles. The molecular formula is C16H14FN3O3S. The molecule has 0 aliphatic rings. The van der Waals surface area contributed by atoms with Crippen LogP contribution in [0.15, 0.2) is 57.9 Å². The summed E-state index contributed by atoms with van der Waals surface area (Å²) in [7, 11) is -3.68. The first kappa shape index (κ1) is 16.3. The molecule has 0 unspecified atom stereocenters. The summed E-state index contributed by atoms with van der Waals surface area (Å²) in [5.74, 6) is 0.0139. The summed E-state index contributed by atoms with van der Waals surface area (Å²) in [5, 5.41) is 3.76.